The molecule has 1 saturated heterocycles. The van der Waals surface area contributed by atoms with Gasteiger partial charge in [-0.25, -0.2) is 0 Å². The molecule has 3 rings (SSSR count). The van der Waals surface area contributed by atoms with E-state index >= 15 is 0 Å². The van der Waals surface area contributed by atoms with Crippen LogP contribution in [-0.2, 0) is 10.3 Å². The summed E-state index contributed by atoms with van der Waals surface area (Å²) in [5.74, 6) is 1.06. The van der Waals surface area contributed by atoms with Crippen LogP contribution in [0.1, 0.15) is 36.7 Å². The Labute approximate surface area is 117 Å². The molecule has 0 bridgehead atoms. The Hall–Kier alpha value is -2.19. The normalized spacial score (nSPS) is 21.9. The number of benzene rings is 1. The van der Waals surface area contributed by atoms with E-state index in [1.807, 2.05) is 26.0 Å². The SMILES string of the molecule is Cc1cc(C#N)ccc1-c1nc(C2(C)CCCO2)no1. The van der Waals surface area contributed by atoms with Crippen molar-refractivity contribution in [1.82, 2.24) is 10.1 Å². The molecule has 1 fully saturated rings. The van der Waals surface area contributed by atoms with Gasteiger partial charge in [0, 0.05) is 12.2 Å². The van der Waals surface area contributed by atoms with Crippen LogP contribution >= 0.6 is 0 Å². The fraction of sp³-hybridized carbons (Fsp3) is 0.400. The smallest absolute Gasteiger partial charge is 0.258 e. The third-order valence-electron chi connectivity index (χ3n) is 3.70. The number of nitrogens with zero attached hydrogens (tertiary/aromatic N) is 3. The molecular weight excluding hydrogens is 254 g/mol. The van der Waals surface area contributed by atoms with Crippen molar-refractivity contribution in [3.63, 3.8) is 0 Å². The molecule has 2 aromatic rings. The van der Waals surface area contributed by atoms with Gasteiger partial charge in [-0.3, -0.25) is 0 Å². The zero-order valence-electron chi connectivity index (χ0n) is 11.5. The minimum absolute atomic E-state index is 0.442. The Kier molecular flexibility index (Phi) is 3.03. The van der Waals surface area contributed by atoms with Crippen molar-refractivity contribution in [2.24, 2.45) is 0 Å². The van der Waals surface area contributed by atoms with E-state index in [1.54, 1.807) is 6.07 Å². The van der Waals surface area contributed by atoms with Crippen LogP contribution in [-0.4, -0.2) is 16.7 Å². The predicted octanol–water partition coefficient (Wildman–Crippen LogP) is 2.94. The van der Waals surface area contributed by atoms with Crippen LogP contribution < -0.4 is 0 Å². The van der Waals surface area contributed by atoms with Crippen molar-refractivity contribution >= 4 is 0 Å². The predicted molar refractivity (Wildman–Crippen MR) is 71.7 cm³/mol. The van der Waals surface area contributed by atoms with Crippen molar-refractivity contribution in [2.45, 2.75) is 32.3 Å². The van der Waals surface area contributed by atoms with E-state index in [1.165, 1.54) is 0 Å². The average molecular weight is 269 g/mol. The quantitative estimate of drug-likeness (QED) is 0.838. The van der Waals surface area contributed by atoms with Crippen LogP contribution in [0.5, 0.6) is 0 Å². The number of rotatable bonds is 2. The summed E-state index contributed by atoms with van der Waals surface area (Å²) in [6.45, 7) is 4.64. The summed E-state index contributed by atoms with van der Waals surface area (Å²) in [6.07, 6.45) is 1.91. The van der Waals surface area contributed by atoms with Gasteiger partial charge in [-0.05, 0) is 50.5 Å². The highest BCUT2D eigenvalue weighted by Gasteiger charge is 2.36. The monoisotopic (exact) mass is 269 g/mol. The van der Waals surface area contributed by atoms with Crippen LogP contribution in [0.2, 0.25) is 0 Å². The van der Waals surface area contributed by atoms with Crippen LogP contribution in [0.3, 0.4) is 0 Å². The number of hydrogen-bond donors (Lipinski definition) is 0. The van der Waals surface area contributed by atoms with Gasteiger partial charge in [-0.1, -0.05) is 5.16 Å². The first-order valence-corrected chi connectivity index (χ1v) is 6.62. The molecule has 1 aromatic heterocycles. The minimum Gasteiger partial charge on any atom is -0.367 e. The molecular formula is C15H15N3O2. The molecule has 5 heteroatoms. The van der Waals surface area contributed by atoms with Crippen LogP contribution in [0.25, 0.3) is 11.5 Å². The lowest BCUT2D eigenvalue weighted by Gasteiger charge is -2.17. The lowest BCUT2D eigenvalue weighted by molar-refractivity contribution is 0.00768. The molecule has 0 aliphatic carbocycles. The van der Waals surface area contributed by atoms with E-state index in [-0.39, 0.29) is 0 Å². The Morgan fingerprint density at radius 2 is 2.25 bits per heavy atom. The molecule has 20 heavy (non-hydrogen) atoms. The number of aromatic nitrogens is 2. The van der Waals surface area contributed by atoms with Gasteiger partial charge < -0.3 is 9.26 Å². The number of aryl methyl sites for hydroxylation is 1. The lowest BCUT2D eigenvalue weighted by atomic mass is 10.0. The highest BCUT2D eigenvalue weighted by Crippen LogP contribution is 2.35. The van der Waals surface area contributed by atoms with Crippen molar-refractivity contribution < 1.29 is 9.26 Å². The van der Waals surface area contributed by atoms with Crippen LogP contribution in [0, 0.1) is 18.3 Å². The molecule has 0 amide bonds. The van der Waals surface area contributed by atoms with Gasteiger partial charge >= 0.3 is 0 Å². The Balaban J connectivity index is 1.96. The van der Waals surface area contributed by atoms with Crippen molar-refractivity contribution in [3.05, 3.63) is 35.2 Å². The lowest BCUT2D eigenvalue weighted by Crippen LogP contribution is -2.21. The van der Waals surface area contributed by atoms with E-state index in [9.17, 15) is 0 Å². The molecule has 0 saturated carbocycles. The van der Waals surface area contributed by atoms with Gasteiger partial charge in [0.1, 0.15) is 5.60 Å². The summed E-state index contributed by atoms with van der Waals surface area (Å²) in [7, 11) is 0. The molecule has 2 heterocycles. The third-order valence-corrected chi connectivity index (χ3v) is 3.70. The van der Waals surface area contributed by atoms with Crippen molar-refractivity contribution in [2.75, 3.05) is 6.61 Å². The summed E-state index contributed by atoms with van der Waals surface area (Å²) < 4.78 is 11.1. The fourth-order valence-corrected chi connectivity index (χ4v) is 2.48. The molecule has 0 N–H and O–H groups in total. The molecule has 102 valence electrons. The largest absolute Gasteiger partial charge is 0.367 e. The molecule has 0 spiro atoms. The maximum Gasteiger partial charge on any atom is 0.258 e. The average Bonchev–Trinajstić information content (AvgIpc) is 3.08. The summed E-state index contributed by atoms with van der Waals surface area (Å²) in [6, 6.07) is 7.51. The highest BCUT2D eigenvalue weighted by atomic mass is 16.5. The maximum absolute atomic E-state index is 8.89. The van der Waals surface area contributed by atoms with Gasteiger partial charge in [0.15, 0.2) is 0 Å². The van der Waals surface area contributed by atoms with E-state index in [2.05, 4.69) is 16.2 Å². The molecule has 1 atom stereocenters. The van der Waals surface area contributed by atoms with E-state index in [0.717, 1.165) is 30.6 Å². The van der Waals surface area contributed by atoms with Crippen LogP contribution in [0.4, 0.5) is 0 Å². The first-order valence-electron chi connectivity index (χ1n) is 6.62. The van der Waals surface area contributed by atoms with Gasteiger partial charge in [-0.2, -0.15) is 10.2 Å². The summed E-state index contributed by atoms with van der Waals surface area (Å²) >= 11 is 0. The van der Waals surface area contributed by atoms with E-state index < -0.39 is 5.60 Å². The number of ether oxygens (including phenoxy) is 1. The summed E-state index contributed by atoms with van der Waals surface area (Å²) in [4.78, 5) is 4.46. The van der Waals surface area contributed by atoms with Gasteiger partial charge in [-0.15, -0.1) is 0 Å². The second kappa shape index (κ2) is 4.73. The minimum atomic E-state index is -0.442. The second-order valence-electron chi connectivity index (χ2n) is 5.25. The van der Waals surface area contributed by atoms with E-state index in [0.29, 0.717) is 17.3 Å². The van der Waals surface area contributed by atoms with Crippen molar-refractivity contribution in [1.29, 1.82) is 5.26 Å². The fourth-order valence-electron chi connectivity index (χ4n) is 2.48. The second-order valence-corrected chi connectivity index (χ2v) is 5.25. The summed E-state index contributed by atoms with van der Waals surface area (Å²) in [5.41, 5.74) is 1.97. The summed E-state index contributed by atoms with van der Waals surface area (Å²) in [5, 5.41) is 12.9. The van der Waals surface area contributed by atoms with Crippen LogP contribution in [0.15, 0.2) is 22.7 Å². The molecule has 5 nitrogen and oxygen atoms in total. The Bertz CT molecular complexity index is 679. The zero-order valence-corrected chi connectivity index (χ0v) is 11.5. The topological polar surface area (TPSA) is 71.9 Å². The molecule has 1 aliphatic heterocycles. The number of hydrogen-bond acceptors (Lipinski definition) is 5. The number of nitriles is 1. The first-order chi connectivity index (χ1) is 9.62. The molecule has 1 unspecified atom stereocenters. The Morgan fingerprint density at radius 3 is 2.90 bits per heavy atom. The first kappa shape index (κ1) is 12.8. The van der Waals surface area contributed by atoms with Gasteiger partial charge in [0.05, 0.1) is 11.6 Å². The van der Waals surface area contributed by atoms with E-state index in [4.69, 9.17) is 14.5 Å². The highest BCUT2D eigenvalue weighted by molar-refractivity contribution is 5.60. The third kappa shape index (κ3) is 2.08. The Morgan fingerprint density at radius 1 is 1.40 bits per heavy atom. The maximum atomic E-state index is 8.89. The molecule has 0 radical (unpaired) electrons. The zero-order chi connectivity index (χ0) is 14.2. The van der Waals surface area contributed by atoms with Crippen molar-refractivity contribution in [3.8, 4) is 17.5 Å². The van der Waals surface area contributed by atoms with Gasteiger partial charge in [0.25, 0.3) is 5.89 Å². The molecule has 1 aliphatic rings. The standard InChI is InChI=1S/C15H15N3O2/c1-10-8-11(9-16)4-5-12(10)13-17-14(18-20-13)15(2)6-3-7-19-15/h4-5,8H,3,6-7H2,1-2H3. The molecule has 1 aromatic carbocycles. The van der Waals surface area contributed by atoms with Gasteiger partial charge in [0.2, 0.25) is 5.82 Å².